The fraction of sp³-hybridized carbons (Fsp3) is 0.250. The first-order valence-electron chi connectivity index (χ1n) is 9.81. The van der Waals surface area contributed by atoms with Gasteiger partial charge in [-0.2, -0.15) is 0 Å². The molecule has 0 radical (unpaired) electrons. The summed E-state index contributed by atoms with van der Waals surface area (Å²) in [6.45, 7) is 0.947. The number of amides is 2. The summed E-state index contributed by atoms with van der Waals surface area (Å²) in [5, 5.41) is 2.05. The lowest BCUT2D eigenvalue weighted by atomic mass is 9.79. The predicted molar refractivity (Wildman–Crippen MR) is 116 cm³/mol. The molecule has 2 heterocycles. The van der Waals surface area contributed by atoms with Crippen LogP contribution in [-0.4, -0.2) is 29.8 Å². The van der Waals surface area contributed by atoms with Gasteiger partial charge in [0.25, 0.3) is 0 Å². The molecule has 0 bridgehead atoms. The van der Waals surface area contributed by atoms with Gasteiger partial charge in [-0.15, -0.1) is 11.3 Å². The van der Waals surface area contributed by atoms with E-state index in [1.54, 1.807) is 16.2 Å². The molecule has 0 spiro atoms. The van der Waals surface area contributed by atoms with E-state index in [0.717, 1.165) is 16.7 Å². The number of nitrogens with two attached hydrogens (primary N) is 1. The van der Waals surface area contributed by atoms with Crippen LogP contribution >= 0.6 is 11.3 Å². The number of primary amides is 1. The molecule has 1 atom stereocenters. The molecule has 2 aromatic carbocycles. The summed E-state index contributed by atoms with van der Waals surface area (Å²) in [5.74, 6) is -0.278. The zero-order valence-corrected chi connectivity index (χ0v) is 17.0. The van der Waals surface area contributed by atoms with Gasteiger partial charge in [0, 0.05) is 18.0 Å². The molecule has 1 aromatic heterocycles. The van der Waals surface area contributed by atoms with Crippen LogP contribution in [0.3, 0.4) is 0 Å². The third kappa shape index (κ3) is 4.10. The van der Waals surface area contributed by atoms with Gasteiger partial charge in [-0.3, -0.25) is 9.59 Å². The van der Waals surface area contributed by atoms with Crippen molar-refractivity contribution in [3.63, 3.8) is 0 Å². The predicted octanol–water partition coefficient (Wildman–Crippen LogP) is 3.90. The first kappa shape index (κ1) is 19.4. The second-order valence-corrected chi connectivity index (χ2v) is 8.63. The zero-order chi connectivity index (χ0) is 20.3. The van der Waals surface area contributed by atoms with Crippen LogP contribution in [0.25, 0.3) is 10.4 Å². The molecule has 1 fully saturated rings. The maximum atomic E-state index is 12.8. The summed E-state index contributed by atoms with van der Waals surface area (Å²) in [7, 11) is 0. The Hall–Kier alpha value is -2.92. The van der Waals surface area contributed by atoms with E-state index in [9.17, 15) is 9.59 Å². The van der Waals surface area contributed by atoms with E-state index in [-0.39, 0.29) is 11.8 Å². The SMILES string of the molecule is NC(=O)C1(Cc2ccccc2-c2cccs2)CCN(C(=O)Cc2ccccc2)C1. The average molecular weight is 405 g/mol. The summed E-state index contributed by atoms with van der Waals surface area (Å²) < 4.78 is 0. The Morgan fingerprint density at radius 3 is 2.48 bits per heavy atom. The largest absolute Gasteiger partial charge is 0.369 e. The van der Waals surface area contributed by atoms with Gasteiger partial charge in [0.05, 0.1) is 11.8 Å². The van der Waals surface area contributed by atoms with Gasteiger partial charge in [-0.05, 0) is 41.0 Å². The fourth-order valence-corrected chi connectivity index (χ4v) is 4.90. The zero-order valence-electron chi connectivity index (χ0n) is 16.2. The van der Waals surface area contributed by atoms with E-state index < -0.39 is 5.41 Å². The summed E-state index contributed by atoms with van der Waals surface area (Å²) in [6, 6.07) is 22.0. The maximum absolute atomic E-state index is 12.8. The first-order chi connectivity index (χ1) is 14.1. The van der Waals surface area contributed by atoms with Gasteiger partial charge < -0.3 is 10.6 Å². The minimum absolute atomic E-state index is 0.0471. The van der Waals surface area contributed by atoms with Crippen LogP contribution in [0, 0.1) is 5.41 Å². The summed E-state index contributed by atoms with van der Waals surface area (Å²) >= 11 is 1.68. The van der Waals surface area contributed by atoms with Crippen LogP contribution in [0.2, 0.25) is 0 Å². The second kappa shape index (κ2) is 8.21. The van der Waals surface area contributed by atoms with E-state index in [1.165, 1.54) is 4.88 Å². The van der Waals surface area contributed by atoms with E-state index in [4.69, 9.17) is 5.73 Å². The lowest BCUT2D eigenvalue weighted by Crippen LogP contribution is -2.42. The molecule has 1 aliphatic heterocycles. The molecule has 1 unspecified atom stereocenters. The van der Waals surface area contributed by atoms with E-state index >= 15 is 0 Å². The molecular weight excluding hydrogens is 380 g/mol. The summed E-state index contributed by atoms with van der Waals surface area (Å²) in [4.78, 5) is 28.3. The van der Waals surface area contributed by atoms with Gasteiger partial charge >= 0.3 is 0 Å². The van der Waals surface area contributed by atoms with E-state index in [1.807, 2.05) is 48.5 Å². The fourth-order valence-electron chi connectivity index (χ4n) is 4.11. The van der Waals surface area contributed by atoms with Crippen molar-refractivity contribution in [2.75, 3.05) is 13.1 Å². The number of rotatable bonds is 6. The Morgan fingerprint density at radius 2 is 1.76 bits per heavy atom. The summed E-state index contributed by atoms with van der Waals surface area (Å²) in [6.07, 6.45) is 1.49. The molecule has 1 aliphatic rings. The number of nitrogens with zero attached hydrogens (tertiary/aromatic N) is 1. The minimum Gasteiger partial charge on any atom is -0.369 e. The first-order valence-corrected chi connectivity index (χ1v) is 10.7. The highest BCUT2D eigenvalue weighted by Crippen LogP contribution is 2.38. The van der Waals surface area contributed by atoms with Crippen molar-refractivity contribution >= 4 is 23.2 Å². The molecule has 29 heavy (non-hydrogen) atoms. The minimum atomic E-state index is -0.723. The molecule has 2 N–H and O–H groups in total. The molecule has 148 valence electrons. The van der Waals surface area contributed by atoms with Crippen molar-refractivity contribution in [1.29, 1.82) is 0 Å². The molecule has 1 saturated heterocycles. The van der Waals surface area contributed by atoms with Crippen molar-refractivity contribution < 1.29 is 9.59 Å². The molecule has 4 nitrogen and oxygen atoms in total. The summed E-state index contributed by atoms with van der Waals surface area (Å²) in [5.41, 5.74) is 8.39. The van der Waals surface area contributed by atoms with Crippen molar-refractivity contribution in [3.8, 4) is 10.4 Å². The average Bonchev–Trinajstić information content (AvgIpc) is 3.40. The molecule has 2 amide bonds. The highest BCUT2D eigenvalue weighted by Gasteiger charge is 2.45. The van der Waals surface area contributed by atoms with E-state index in [0.29, 0.717) is 32.4 Å². The molecule has 0 saturated carbocycles. The standard InChI is InChI=1S/C24H24N2O2S/c25-23(28)24(16-19-9-4-5-10-20(19)21-11-6-14-29-21)12-13-26(17-24)22(27)15-18-7-2-1-3-8-18/h1-11,14H,12-13,15-17H2,(H2,25,28). The van der Waals surface area contributed by atoms with Crippen molar-refractivity contribution in [1.82, 2.24) is 4.90 Å². The van der Waals surface area contributed by atoms with Crippen LogP contribution in [-0.2, 0) is 22.4 Å². The van der Waals surface area contributed by atoms with Crippen molar-refractivity contribution in [2.24, 2.45) is 11.1 Å². The molecule has 3 aromatic rings. The quantitative estimate of drug-likeness (QED) is 0.677. The smallest absolute Gasteiger partial charge is 0.227 e. The lowest BCUT2D eigenvalue weighted by Gasteiger charge is -2.27. The normalized spacial score (nSPS) is 18.7. The number of likely N-dealkylation sites (tertiary alicyclic amines) is 1. The van der Waals surface area contributed by atoms with Crippen molar-refractivity contribution in [3.05, 3.63) is 83.2 Å². The third-order valence-corrected chi connectivity index (χ3v) is 6.66. The topological polar surface area (TPSA) is 63.4 Å². The Bertz CT molecular complexity index is 1000. The molecule has 0 aliphatic carbocycles. The van der Waals surface area contributed by atoms with Gasteiger partial charge in [0.15, 0.2) is 0 Å². The van der Waals surface area contributed by atoms with Crippen LogP contribution in [0.4, 0.5) is 0 Å². The van der Waals surface area contributed by atoms with Gasteiger partial charge in [0.2, 0.25) is 11.8 Å². The van der Waals surface area contributed by atoms with Crippen LogP contribution in [0.5, 0.6) is 0 Å². The highest BCUT2D eigenvalue weighted by atomic mass is 32.1. The van der Waals surface area contributed by atoms with Gasteiger partial charge in [-0.25, -0.2) is 0 Å². The maximum Gasteiger partial charge on any atom is 0.227 e. The van der Waals surface area contributed by atoms with Crippen LogP contribution < -0.4 is 5.73 Å². The number of carbonyl (C=O) groups excluding carboxylic acids is 2. The second-order valence-electron chi connectivity index (χ2n) is 7.68. The Balaban J connectivity index is 1.55. The number of carbonyl (C=O) groups is 2. The highest BCUT2D eigenvalue weighted by molar-refractivity contribution is 7.13. The molecule has 5 heteroatoms. The molecular formula is C24H24N2O2S. The Kier molecular flexibility index (Phi) is 5.49. The Morgan fingerprint density at radius 1 is 1.00 bits per heavy atom. The monoisotopic (exact) mass is 404 g/mol. The third-order valence-electron chi connectivity index (χ3n) is 5.76. The Labute approximate surface area is 175 Å². The van der Waals surface area contributed by atoms with Gasteiger partial charge in [-0.1, -0.05) is 60.7 Å². The lowest BCUT2D eigenvalue weighted by molar-refractivity contribution is -0.131. The van der Waals surface area contributed by atoms with Crippen LogP contribution in [0.1, 0.15) is 17.5 Å². The van der Waals surface area contributed by atoms with E-state index in [2.05, 4.69) is 23.6 Å². The van der Waals surface area contributed by atoms with Crippen LogP contribution in [0.15, 0.2) is 72.1 Å². The molecule has 4 rings (SSSR count). The number of hydrogen-bond donors (Lipinski definition) is 1. The number of hydrogen-bond acceptors (Lipinski definition) is 3. The van der Waals surface area contributed by atoms with Crippen molar-refractivity contribution in [2.45, 2.75) is 19.3 Å². The van der Waals surface area contributed by atoms with Gasteiger partial charge in [0.1, 0.15) is 0 Å². The number of benzene rings is 2. The number of thiophene rings is 1.